The van der Waals surface area contributed by atoms with Crippen LogP contribution in [0.4, 0.5) is 0 Å². The second kappa shape index (κ2) is 9.93. The van der Waals surface area contributed by atoms with Crippen LogP contribution in [0, 0.1) is 0 Å². The molecule has 32 heavy (non-hydrogen) atoms. The van der Waals surface area contributed by atoms with Crippen molar-refractivity contribution >= 4 is 45.1 Å². The van der Waals surface area contributed by atoms with Crippen molar-refractivity contribution in [3.05, 3.63) is 84.9 Å². The van der Waals surface area contributed by atoms with E-state index in [1.165, 1.54) is 27.1 Å². The topological polar surface area (TPSA) is 18.5 Å². The molecule has 0 amide bonds. The predicted octanol–water partition coefficient (Wildman–Crippen LogP) is 7.45. The van der Waals surface area contributed by atoms with Crippen LogP contribution >= 0.6 is 23.5 Å². The standard InChI is InChI=1S/C28H26O2S2/c1-20-18-31-16-14-29-25-12-10-21-6-2-4-8-23(21)27(25)28-24-9-5-3-7-22(24)11-13-26(28)30-15-17-32-19-20/h2-13H,1,14-19H2. The molecule has 0 saturated heterocycles. The van der Waals surface area contributed by atoms with Crippen LogP contribution in [-0.4, -0.2) is 36.2 Å². The van der Waals surface area contributed by atoms with E-state index in [9.17, 15) is 0 Å². The summed E-state index contributed by atoms with van der Waals surface area (Å²) >= 11 is 3.78. The maximum Gasteiger partial charge on any atom is 0.127 e. The molecule has 0 fully saturated rings. The zero-order valence-electron chi connectivity index (χ0n) is 18.0. The Morgan fingerprint density at radius 1 is 0.594 bits per heavy atom. The summed E-state index contributed by atoms with van der Waals surface area (Å²) in [5.74, 6) is 5.66. The van der Waals surface area contributed by atoms with Gasteiger partial charge in [-0.2, -0.15) is 23.5 Å². The highest BCUT2D eigenvalue weighted by atomic mass is 32.2. The molecule has 1 aliphatic heterocycles. The second-order valence-electron chi connectivity index (χ2n) is 7.87. The maximum atomic E-state index is 6.40. The first-order valence-corrected chi connectivity index (χ1v) is 13.2. The summed E-state index contributed by atoms with van der Waals surface area (Å²) in [5.41, 5.74) is 3.51. The molecule has 4 aromatic rings. The summed E-state index contributed by atoms with van der Waals surface area (Å²) in [7, 11) is 0. The van der Waals surface area contributed by atoms with Gasteiger partial charge >= 0.3 is 0 Å². The molecule has 5 rings (SSSR count). The quantitative estimate of drug-likeness (QED) is 0.255. The number of hydrogen-bond donors (Lipinski definition) is 0. The van der Waals surface area contributed by atoms with Crippen LogP contribution < -0.4 is 9.47 Å². The molecule has 162 valence electrons. The lowest BCUT2D eigenvalue weighted by Gasteiger charge is -2.19. The highest BCUT2D eigenvalue weighted by Crippen LogP contribution is 2.45. The largest absolute Gasteiger partial charge is 0.492 e. The molecule has 0 N–H and O–H groups in total. The van der Waals surface area contributed by atoms with E-state index < -0.39 is 0 Å². The van der Waals surface area contributed by atoms with Crippen molar-refractivity contribution in [3.63, 3.8) is 0 Å². The molecule has 0 spiro atoms. The van der Waals surface area contributed by atoms with Crippen LogP contribution in [0.5, 0.6) is 11.5 Å². The van der Waals surface area contributed by atoms with Crippen molar-refractivity contribution in [3.8, 4) is 22.6 Å². The SMILES string of the molecule is C=C1CSCCOc2ccc3ccccc3c2-c2c(ccc3ccccc23)OCCSC1. The molecule has 1 aliphatic rings. The van der Waals surface area contributed by atoms with Crippen molar-refractivity contribution in [2.75, 3.05) is 36.2 Å². The van der Waals surface area contributed by atoms with Crippen LogP contribution in [0.1, 0.15) is 0 Å². The Morgan fingerprint density at radius 3 is 1.56 bits per heavy atom. The highest BCUT2D eigenvalue weighted by Gasteiger charge is 2.19. The lowest BCUT2D eigenvalue weighted by atomic mass is 9.92. The summed E-state index contributed by atoms with van der Waals surface area (Å²) in [4.78, 5) is 0. The van der Waals surface area contributed by atoms with Crippen LogP contribution in [0.25, 0.3) is 32.7 Å². The van der Waals surface area contributed by atoms with E-state index >= 15 is 0 Å². The molecule has 0 atom stereocenters. The molecule has 0 saturated carbocycles. The fourth-order valence-electron chi connectivity index (χ4n) is 4.16. The number of rotatable bonds is 0. The first kappa shape index (κ1) is 21.3. The van der Waals surface area contributed by atoms with Crippen LogP contribution in [-0.2, 0) is 0 Å². The Labute approximate surface area is 198 Å². The fraction of sp³-hybridized carbons (Fsp3) is 0.214. The predicted molar refractivity (Wildman–Crippen MR) is 142 cm³/mol. The van der Waals surface area contributed by atoms with Gasteiger partial charge in [-0.1, -0.05) is 72.8 Å². The average Bonchev–Trinajstić information content (AvgIpc) is 2.83. The molecule has 1 heterocycles. The summed E-state index contributed by atoms with van der Waals surface area (Å²) in [6.45, 7) is 5.55. The molecule has 4 heteroatoms. The monoisotopic (exact) mass is 458 g/mol. The number of benzene rings is 4. The van der Waals surface area contributed by atoms with Gasteiger partial charge in [0.25, 0.3) is 0 Å². The van der Waals surface area contributed by atoms with Gasteiger partial charge in [0.2, 0.25) is 0 Å². The van der Waals surface area contributed by atoms with Crippen LogP contribution in [0.15, 0.2) is 84.9 Å². The number of fused-ring (bicyclic) bond motifs is 7. The Bertz CT molecular complexity index is 1170. The first-order chi connectivity index (χ1) is 15.8. The van der Waals surface area contributed by atoms with Gasteiger partial charge in [-0.3, -0.25) is 0 Å². The molecule has 0 aliphatic carbocycles. The van der Waals surface area contributed by atoms with Gasteiger partial charge in [0.05, 0.1) is 13.2 Å². The number of hydrogen-bond acceptors (Lipinski definition) is 4. The van der Waals surface area contributed by atoms with Gasteiger partial charge in [0, 0.05) is 34.1 Å². The average molecular weight is 459 g/mol. The van der Waals surface area contributed by atoms with E-state index in [4.69, 9.17) is 9.47 Å². The minimum atomic E-state index is 0.664. The molecule has 2 nitrogen and oxygen atoms in total. The van der Waals surface area contributed by atoms with Crippen molar-refractivity contribution in [1.29, 1.82) is 0 Å². The Morgan fingerprint density at radius 2 is 1.06 bits per heavy atom. The lowest BCUT2D eigenvalue weighted by Crippen LogP contribution is -2.04. The summed E-state index contributed by atoms with van der Waals surface area (Å²) in [5, 5.41) is 4.78. The van der Waals surface area contributed by atoms with Crippen molar-refractivity contribution < 1.29 is 9.47 Å². The third-order valence-corrected chi connectivity index (χ3v) is 7.75. The molecule has 0 aromatic heterocycles. The Balaban J connectivity index is 1.71. The van der Waals surface area contributed by atoms with Crippen LogP contribution in [0.3, 0.4) is 0 Å². The van der Waals surface area contributed by atoms with E-state index in [0.29, 0.717) is 13.2 Å². The Kier molecular flexibility index (Phi) is 6.61. The fourth-order valence-corrected chi connectivity index (χ4v) is 5.76. The van der Waals surface area contributed by atoms with Crippen molar-refractivity contribution in [1.82, 2.24) is 0 Å². The number of thioether (sulfide) groups is 2. The normalized spacial score (nSPS) is 15.7. The third-order valence-electron chi connectivity index (χ3n) is 5.61. The van der Waals surface area contributed by atoms with E-state index in [0.717, 1.165) is 45.6 Å². The summed E-state index contributed by atoms with van der Waals surface area (Å²) < 4.78 is 12.8. The van der Waals surface area contributed by atoms with Gasteiger partial charge in [-0.25, -0.2) is 0 Å². The first-order valence-electron chi connectivity index (χ1n) is 10.9. The maximum absolute atomic E-state index is 6.40. The van der Waals surface area contributed by atoms with E-state index in [2.05, 4.69) is 79.4 Å². The van der Waals surface area contributed by atoms with E-state index in [-0.39, 0.29) is 0 Å². The van der Waals surface area contributed by atoms with Crippen LogP contribution in [0.2, 0.25) is 0 Å². The minimum Gasteiger partial charge on any atom is -0.492 e. The molecule has 0 bridgehead atoms. The highest BCUT2D eigenvalue weighted by molar-refractivity contribution is 8.00. The zero-order valence-corrected chi connectivity index (χ0v) is 19.6. The minimum absolute atomic E-state index is 0.664. The number of ether oxygens (including phenoxy) is 2. The molecule has 0 radical (unpaired) electrons. The van der Waals surface area contributed by atoms with E-state index in [1.807, 2.05) is 23.5 Å². The zero-order chi connectivity index (χ0) is 21.8. The van der Waals surface area contributed by atoms with Crippen molar-refractivity contribution in [2.24, 2.45) is 0 Å². The van der Waals surface area contributed by atoms with E-state index in [1.54, 1.807) is 0 Å². The molecule has 0 unspecified atom stereocenters. The van der Waals surface area contributed by atoms with Gasteiger partial charge in [0.15, 0.2) is 0 Å². The van der Waals surface area contributed by atoms with Crippen molar-refractivity contribution in [2.45, 2.75) is 0 Å². The van der Waals surface area contributed by atoms with Gasteiger partial charge in [0.1, 0.15) is 11.5 Å². The molecule has 4 aromatic carbocycles. The molecular weight excluding hydrogens is 432 g/mol. The summed E-state index contributed by atoms with van der Waals surface area (Å²) in [6, 6.07) is 25.6. The van der Waals surface area contributed by atoms with Gasteiger partial charge < -0.3 is 9.47 Å². The van der Waals surface area contributed by atoms with Gasteiger partial charge in [-0.15, -0.1) is 0 Å². The second-order valence-corrected chi connectivity index (χ2v) is 10.1. The van der Waals surface area contributed by atoms with Gasteiger partial charge in [-0.05, 0) is 33.7 Å². The third kappa shape index (κ3) is 4.48. The lowest BCUT2D eigenvalue weighted by molar-refractivity contribution is 0.341. The summed E-state index contributed by atoms with van der Waals surface area (Å²) in [6.07, 6.45) is 0. The smallest absolute Gasteiger partial charge is 0.127 e. The molecular formula is C28H26O2S2. The Hall–Kier alpha value is -2.56.